The van der Waals surface area contributed by atoms with E-state index in [9.17, 15) is 4.79 Å². The largest absolute Gasteiger partial charge is 0.359 e. The van der Waals surface area contributed by atoms with Gasteiger partial charge in [-0.1, -0.05) is 0 Å². The van der Waals surface area contributed by atoms with Gasteiger partial charge in [0.25, 0.3) is 0 Å². The molecule has 0 saturated carbocycles. The first-order valence-electron chi connectivity index (χ1n) is 6.00. The summed E-state index contributed by atoms with van der Waals surface area (Å²) in [6.45, 7) is 3.38. The van der Waals surface area contributed by atoms with Crippen molar-refractivity contribution in [1.29, 1.82) is 0 Å². The number of carbonyl (C=O) groups is 1. The Bertz CT molecular complexity index is 377. The van der Waals surface area contributed by atoms with Gasteiger partial charge in [0.1, 0.15) is 5.82 Å². The molecule has 1 saturated heterocycles. The van der Waals surface area contributed by atoms with Crippen molar-refractivity contribution in [2.45, 2.75) is 6.42 Å². The predicted molar refractivity (Wildman–Crippen MR) is 68.5 cm³/mol. The van der Waals surface area contributed by atoms with Crippen molar-refractivity contribution in [2.75, 3.05) is 38.6 Å². The van der Waals surface area contributed by atoms with Crippen LogP contribution in [-0.4, -0.2) is 49.9 Å². The number of nitrogens with zero attached hydrogens (tertiary/aromatic N) is 3. The van der Waals surface area contributed by atoms with Gasteiger partial charge < -0.3 is 9.80 Å². The summed E-state index contributed by atoms with van der Waals surface area (Å²) >= 11 is 0. The molecule has 1 fully saturated rings. The average Bonchev–Trinajstić information content (AvgIpc) is 2.75. The van der Waals surface area contributed by atoms with E-state index < -0.39 is 0 Å². The predicted octanol–water partition coefficient (Wildman–Crippen LogP) is 1.28. The lowest BCUT2D eigenvalue weighted by molar-refractivity contribution is 0.112. The number of hydrogen-bond acceptors (Lipinski definition) is 4. The second-order valence-electron chi connectivity index (χ2n) is 4.87. The topological polar surface area (TPSA) is 36.4 Å². The van der Waals surface area contributed by atoms with E-state index in [-0.39, 0.29) is 0 Å². The standard InChI is InChI=1S/C13H19N3O/c1-15-6-5-12(8-15)9-16(2)13-4-3-11(10-17)7-14-13/h3-4,7,10,12H,5-6,8-9H2,1-2H3. The number of carbonyl (C=O) groups excluding carboxylic acids is 1. The quantitative estimate of drug-likeness (QED) is 0.734. The van der Waals surface area contributed by atoms with Crippen LogP contribution < -0.4 is 4.90 Å². The highest BCUT2D eigenvalue weighted by Crippen LogP contribution is 2.18. The van der Waals surface area contributed by atoms with E-state index in [2.05, 4.69) is 28.9 Å². The molecular formula is C13H19N3O. The molecule has 1 unspecified atom stereocenters. The van der Waals surface area contributed by atoms with Crippen LogP contribution in [0.4, 0.5) is 5.82 Å². The van der Waals surface area contributed by atoms with Gasteiger partial charge in [0, 0.05) is 31.9 Å². The number of aromatic nitrogens is 1. The van der Waals surface area contributed by atoms with Crippen LogP contribution in [0.3, 0.4) is 0 Å². The second-order valence-corrected chi connectivity index (χ2v) is 4.87. The third-order valence-electron chi connectivity index (χ3n) is 3.32. The highest BCUT2D eigenvalue weighted by molar-refractivity contribution is 5.74. The zero-order chi connectivity index (χ0) is 12.3. The van der Waals surface area contributed by atoms with Crippen LogP contribution in [0, 0.1) is 5.92 Å². The lowest BCUT2D eigenvalue weighted by atomic mass is 10.1. The van der Waals surface area contributed by atoms with Gasteiger partial charge in [-0.05, 0) is 38.1 Å². The second kappa shape index (κ2) is 5.27. The molecule has 0 aliphatic carbocycles. The lowest BCUT2D eigenvalue weighted by Crippen LogP contribution is -2.27. The maximum absolute atomic E-state index is 10.5. The summed E-state index contributed by atoms with van der Waals surface area (Å²) < 4.78 is 0. The molecule has 92 valence electrons. The maximum atomic E-state index is 10.5. The van der Waals surface area contributed by atoms with Crippen LogP contribution in [0.1, 0.15) is 16.8 Å². The fourth-order valence-electron chi connectivity index (χ4n) is 2.35. The lowest BCUT2D eigenvalue weighted by Gasteiger charge is -2.22. The maximum Gasteiger partial charge on any atom is 0.151 e. The number of anilines is 1. The van der Waals surface area contributed by atoms with Gasteiger partial charge in [0.05, 0.1) is 0 Å². The third kappa shape index (κ3) is 3.03. The monoisotopic (exact) mass is 233 g/mol. The van der Waals surface area contributed by atoms with E-state index in [1.54, 1.807) is 6.20 Å². The van der Waals surface area contributed by atoms with Crippen LogP contribution in [0.2, 0.25) is 0 Å². The first-order valence-corrected chi connectivity index (χ1v) is 6.00. The van der Waals surface area contributed by atoms with Gasteiger partial charge in [0.2, 0.25) is 0 Å². The molecule has 0 radical (unpaired) electrons. The molecule has 0 spiro atoms. The Morgan fingerprint density at radius 3 is 2.94 bits per heavy atom. The number of rotatable bonds is 4. The summed E-state index contributed by atoms with van der Waals surface area (Å²) in [5.41, 5.74) is 0.628. The molecule has 1 aliphatic rings. The van der Waals surface area contributed by atoms with Crippen molar-refractivity contribution >= 4 is 12.1 Å². The third-order valence-corrected chi connectivity index (χ3v) is 3.32. The van der Waals surface area contributed by atoms with Crippen molar-refractivity contribution in [3.8, 4) is 0 Å². The van der Waals surface area contributed by atoms with Crippen molar-refractivity contribution in [2.24, 2.45) is 5.92 Å². The molecule has 2 heterocycles. The number of aldehydes is 1. The number of likely N-dealkylation sites (tertiary alicyclic amines) is 1. The van der Waals surface area contributed by atoms with E-state index in [1.165, 1.54) is 13.0 Å². The first kappa shape index (κ1) is 12.0. The van der Waals surface area contributed by atoms with Gasteiger partial charge in [-0.25, -0.2) is 4.98 Å². The molecule has 1 aromatic rings. The van der Waals surface area contributed by atoms with Gasteiger partial charge in [-0.2, -0.15) is 0 Å². The van der Waals surface area contributed by atoms with Gasteiger partial charge in [0.15, 0.2) is 6.29 Å². The van der Waals surface area contributed by atoms with E-state index in [0.717, 1.165) is 31.1 Å². The van der Waals surface area contributed by atoms with Gasteiger partial charge in [-0.15, -0.1) is 0 Å². The molecule has 1 atom stereocenters. The number of pyridine rings is 1. The Morgan fingerprint density at radius 2 is 2.41 bits per heavy atom. The fraction of sp³-hybridized carbons (Fsp3) is 0.538. The van der Waals surface area contributed by atoms with E-state index in [4.69, 9.17) is 0 Å². The molecule has 4 heteroatoms. The summed E-state index contributed by atoms with van der Waals surface area (Å²) in [5, 5.41) is 0. The minimum absolute atomic E-state index is 0.628. The Hall–Kier alpha value is -1.42. The van der Waals surface area contributed by atoms with Crippen LogP contribution in [0.15, 0.2) is 18.3 Å². The van der Waals surface area contributed by atoms with Crippen LogP contribution >= 0.6 is 0 Å². The zero-order valence-corrected chi connectivity index (χ0v) is 10.5. The molecule has 0 amide bonds. The van der Waals surface area contributed by atoms with E-state index >= 15 is 0 Å². The molecule has 0 N–H and O–H groups in total. The summed E-state index contributed by atoms with van der Waals surface area (Å²) in [7, 11) is 4.22. The van der Waals surface area contributed by atoms with E-state index in [1.807, 2.05) is 12.1 Å². The fourth-order valence-corrected chi connectivity index (χ4v) is 2.35. The van der Waals surface area contributed by atoms with Crippen LogP contribution in [0.25, 0.3) is 0 Å². The summed E-state index contributed by atoms with van der Waals surface area (Å²) in [4.78, 5) is 19.4. The van der Waals surface area contributed by atoms with Crippen molar-refractivity contribution in [3.05, 3.63) is 23.9 Å². The Kier molecular flexibility index (Phi) is 3.74. The Morgan fingerprint density at radius 1 is 1.59 bits per heavy atom. The Balaban J connectivity index is 1.94. The normalized spacial score (nSPS) is 20.5. The molecule has 1 aliphatic heterocycles. The van der Waals surface area contributed by atoms with Crippen molar-refractivity contribution in [1.82, 2.24) is 9.88 Å². The molecular weight excluding hydrogens is 214 g/mol. The highest BCUT2D eigenvalue weighted by atomic mass is 16.1. The molecule has 0 bridgehead atoms. The summed E-state index contributed by atoms with van der Waals surface area (Å²) in [6, 6.07) is 3.72. The van der Waals surface area contributed by atoms with Crippen molar-refractivity contribution in [3.63, 3.8) is 0 Å². The first-order chi connectivity index (χ1) is 8.19. The molecule has 2 rings (SSSR count). The molecule has 4 nitrogen and oxygen atoms in total. The number of hydrogen-bond donors (Lipinski definition) is 0. The minimum Gasteiger partial charge on any atom is -0.359 e. The molecule has 1 aromatic heterocycles. The molecule has 17 heavy (non-hydrogen) atoms. The average molecular weight is 233 g/mol. The summed E-state index contributed by atoms with van der Waals surface area (Å²) in [6.07, 6.45) is 3.70. The smallest absolute Gasteiger partial charge is 0.151 e. The van der Waals surface area contributed by atoms with Gasteiger partial charge >= 0.3 is 0 Å². The highest BCUT2D eigenvalue weighted by Gasteiger charge is 2.21. The van der Waals surface area contributed by atoms with Crippen LogP contribution in [-0.2, 0) is 0 Å². The summed E-state index contributed by atoms with van der Waals surface area (Å²) in [5.74, 6) is 1.66. The molecule has 0 aromatic carbocycles. The van der Waals surface area contributed by atoms with Crippen LogP contribution in [0.5, 0.6) is 0 Å². The SMILES string of the molecule is CN1CCC(CN(C)c2ccc(C=O)cn2)C1. The minimum atomic E-state index is 0.628. The van der Waals surface area contributed by atoms with E-state index in [0.29, 0.717) is 5.56 Å². The van der Waals surface area contributed by atoms with Crippen molar-refractivity contribution < 1.29 is 4.79 Å². The van der Waals surface area contributed by atoms with Gasteiger partial charge in [-0.3, -0.25) is 4.79 Å². The Labute approximate surface area is 102 Å². The zero-order valence-electron chi connectivity index (χ0n) is 10.5.